The fraction of sp³-hybridized carbons (Fsp3) is 0.400. The van der Waals surface area contributed by atoms with Crippen LogP contribution < -0.4 is 5.84 Å². The Morgan fingerprint density at radius 3 is 2.70 bits per heavy atom. The molecule has 0 saturated carbocycles. The van der Waals surface area contributed by atoms with E-state index in [-0.39, 0.29) is 5.91 Å². The zero-order valence-electron chi connectivity index (χ0n) is 12.6. The van der Waals surface area contributed by atoms with Crippen LogP contribution in [0.3, 0.4) is 0 Å². The number of rotatable bonds is 4. The maximum Gasteiger partial charge on any atom is 0.233 e. The molecule has 1 aliphatic rings. The Bertz CT molecular complexity index is 699. The Morgan fingerprint density at radius 1 is 1.22 bits per heavy atom. The number of nitrogens with two attached hydrogens (primary N) is 1. The summed E-state index contributed by atoms with van der Waals surface area (Å²) in [7, 11) is 0. The van der Waals surface area contributed by atoms with Gasteiger partial charge in [-0.15, -0.1) is 10.2 Å². The molecule has 1 aromatic carbocycles. The third-order valence-electron chi connectivity index (χ3n) is 3.81. The quantitative estimate of drug-likeness (QED) is 0.635. The molecule has 0 aliphatic carbocycles. The number of aromatic nitrogens is 3. The van der Waals surface area contributed by atoms with Crippen molar-refractivity contribution in [2.45, 2.75) is 24.4 Å². The molecule has 1 aromatic heterocycles. The van der Waals surface area contributed by atoms with Gasteiger partial charge in [-0.05, 0) is 31.4 Å². The topological polar surface area (TPSA) is 77.0 Å². The molecular weight excluding hydrogens is 378 g/mol. The maximum atomic E-state index is 12.2. The van der Waals surface area contributed by atoms with E-state index < -0.39 is 0 Å². The summed E-state index contributed by atoms with van der Waals surface area (Å²) in [6.07, 6.45) is 3.40. The van der Waals surface area contributed by atoms with Crippen molar-refractivity contribution in [3.63, 3.8) is 0 Å². The van der Waals surface area contributed by atoms with Crippen LogP contribution in [0.25, 0.3) is 11.4 Å². The van der Waals surface area contributed by atoms with Crippen molar-refractivity contribution in [2.75, 3.05) is 24.7 Å². The fourth-order valence-corrected chi connectivity index (χ4v) is 3.78. The Hall–Kier alpha value is -1.54. The summed E-state index contributed by atoms with van der Waals surface area (Å²) in [6, 6.07) is 7.70. The normalized spacial score (nSPS) is 14.9. The van der Waals surface area contributed by atoms with Gasteiger partial charge in [0.25, 0.3) is 0 Å². The number of hydrogen-bond acceptors (Lipinski definition) is 5. The third-order valence-corrected chi connectivity index (χ3v) is 5.43. The van der Waals surface area contributed by atoms with E-state index in [1.807, 2.05) is 29.2 Å². The highest BCUT2D eigenvalue weighted by atomic mass is 79.9. The second kappa shape index (κ2) is 7.35. The van der Waals surface area contributed by atoms with Crippen LogP contribution in [0.1, 0.15) is 19.3 Å². The number of benzene rings is 1. The van der Waals surface area contributed by atoms with Crippen molar-refractivity contribution >= 4 is 33.6 Å². The van der Waals surface area contributed by atoms with E-state index in [1.54, 1.807) is 0 Å². The van der Waals surface area contributed by atoms with Crippen LogP contribution in [0.15, 0.2) is 33.9 Å². The fourth-order valence-electron chi connectivity index (χ4n) is 2.56. The summed E-state index contributed by atoms with van der Waals surface area (Å²) in [5.41, 5.74) is 0.872. The third kappa shape index (κ3) is 3.69. The van der Waals surface area contributed by atoms with Crippen LogP contribution in [0.4, 0.5) is 0 Å². The zero-order chi connectivity index (χ0) is 16.2. The summed E-state index contributed by atoms with van der Waals surface area (Å²) in [4.78, 5) is 14.1. The minimum Gasteiger partial charge on any atom is -0.342 e. The summed E-state index contributed by atoms with van der Waals surface area (Å²) in [6.45, 7) is 1.72. The molecule has 122 valence electrons. The van der Waals surface area contributed by atoms with Crippen molar-refractivity contribution in [1.82, 2.24) is 19.8 Å². The lowest BCUT2D eigenvalue weighted by Gasteiger charge is -2.26. The average molecular weight is 396 g/mol. The number of likely N-dealkylation sites (tertiary alicyclic amines) is 1. The molecule has 1 saturated heterocycles. The van der Waals surface area contributed by atoms with Gasteiger partial charge in [0.05, 0.1) is 5.75 Å². The standard InChI is InChI=1S/C15H18BrN5OS/c16-12-7-3-2-6-11(12)14-18-19-15(21(14)17)23-10-13(22)20-8-4-1-5-9-20/h2-3,6-7H,1,4-5,8-10,17H2. The van der Waals surface area contributed by atoms with Gasteiger partial charge in [-0.2, -0.15) is 0 Å². The van der Waals surface area contributed by atoms with Gasteiger partial charge < -0.3 is 10.7 Å². The molecule has 23 heavy (non-hydrogen) atoms. The molecule has 6 nitrogen and oxygen atoms in total. The molecule has 1 amide bonds. The number of amides is 1. The summed E-state index contributed by atoms with van der Waals surface area (Å²) < 4.78 is 2.34. The van der Waals surface area contributed by atoms with Crippen LogP contribution in [0.5, 0.6) is 0 Å². The monoisotopic (exact) mass is 395 g/mol. The van der Waals surface area contributed by atoms with Crippen LogP contribution >= 0.6 is 27.7 Å². The number of nitrogens with zero attached hydrogens (tertiary/aromatic N) is 4. The van der Waals surface area contributed by atoms with Gasteiger partial charge >= 0.3 is 0 Å². The highest BCUT2D eigenvalue weighted by Crippen LogP contribution is 2.28. The minimum absolute atomic E-state index is 0.139. The second-order valence-electron chi connectivity index (χ2n) is 5.39. The molecule has 2 aromatic rings. The van der Waals surface area contributed by atoms with Crippen LogP contribution in [-0.4, -0.2) is 44.5 Å². The first-order valence-corrected chi connectivity index (χ1v) is 9.30. The highest BCUT2D eigenvalue weighted by molar-refractivity contribution is 9.10. The first kappa shape index (κ1) is 16.3. The van der Waals surface area contributed by atoms with Gasteiger partial charge in [-0.25, -0.2) is 4.68 Å². The Balaban J connectivity index is 1.68. The van der Waals surface area contributed by atoms with Crippen molar-refractivity contribution < 1.29 is 4.79 Å². The number of piperidine rings is 1. The molecule has 2 N–H and O–H groups in total. The molecule has 1 fully saturated rings. The molecule has 0 spiro atoms. The minimum atomic E-state index is 0.139. The lowest BCUT2D eigenvalue weighted by atomic mass is 10.1. The lowest BCUT2D eigenvalue weighted by Crippen LogP contribution is -2.36. The van der Waals surface area contributed by atoms with Crippen molar-refractivity contribution in [2.24, 2.45) is 0 Å². The van der Waals surface area contributed by atoms with Gasteiger partial charge in [-0.3, -0.25) is 4.79 Å². The predicted molar refractivity (Wildman–Crippen MR) is 94.5 cm³/mol. The van der Waals surface area contributed by atoms with E-state index in [0.717, 1.165) is 36.0 Å². The van der Waals surface area contributed by atoms with Crippen LogP contribution in [-0.2, 0) is 4.79 Å². The summed E-state index contributed by atoms with van der Waals surface area (Å²) in [5.74, 6) is 7.15. The van der Waals surface area contributed by atoms with Gasteiger partial charge in [0.15, 0.2) is 5.82 Å². The van der Waals surface area contributed by atoms with Crippen molar-refractivity contribution in [3.8, 4) is 11.4 Å². The second-order valence-corrected chi connectivity index (χ2v) is 7.18. The van der Waals surface area contributed by atoms with Crippen molar-refractivity contribution in [1.29, 1.82) is 0 Å². The molecule has 0 bridgehead atoms. The summed E-state index contributed by atoms with van der Waals surface area (Å²) >= 11 is 4.81. The number of carbonyl (C=O) groups excluding carboxylic acids is 1. The SMILES string of the molecule is Nn1c(SCC(=O)N2CCCCC2)nnc1-c1ccccc1Br. The van der Waals surface area contributed by atoms with Gasteiger partial charge in [0, 0.05) is 23.1 Å². The molecule has 0 radical (unpaired) electrons. The Kier molecular flexibility index (Phi) is 5.22. The number of nitrogen functional groups attached to an aromatic ring is 1. The number of carbonyl (C=O) groups is 1. The highest BCUT2D eigenvalue weighted by Gasteiger charge is 2.19. The maximum absolute atomic E-state index is 12.2. The van der Waals surface area contributed by atoms with E-state index in [4.69, 9.17) is 5.84 Å². The van der Waals surface area contributed by atoms with Crippen molar-refractivity contribution in [3.05, 3.63) is 28.7 Å². The predicted octanol–water partition coefficient (Wildman–Crippen LogP) is 2.53. The number of halogens is 1. The van der Waals surface area contributed by atoms with E-state index in [0.29, 0.717) is 16.7 Å². The van der Waals surface area contributed by atoms with E-state index in [1.165, 1.54) is 22.9 Å². The molecule has 1 aliphatic heterocycles. The summed E-state index contributed by atoms with van der Waals surface area (Å²) in [5, 5.41) is 8.80. The smallest absolute Gasteiger partial charge is 0.233 e. The average Bonchev–Trinajstić information content (AvgIpc) is 2.94. The Morgan fingerprint density at radius 2 is 1.96 bits per heavy atom. The molecule has 8 heteroatoms. The zero-order valence-corrected chi connectivity index (χ0v) is 15.0. The first-order chi connectivity index (χ1) is 11.2. The molecular formula is C15H18BrN5OS. The van der Waals surface area contributed by atoms with Gasteiger partial charge in [-0.1, -0.05) is 39.8 Å². The van der Waals surface area contributed by atoms with Crippen LogP contribution in [0.2, 0.25) is 0 Å². The largest absolute Gasteiger partial charge is 0.342 e. The number of hydrogen-bond donors (Lipinski definition) is 1. The van der Waals surface area contributed by atoms with E-state index >= 15 is 0 Å². The van der Waals surface area contributed by atoms with E-state index in [9.17, 15) is 4.79 Å². The lowest BCUT2D eigenvalue weighted by molar-refractivity contribution is -0.129. The van der Waals surface area contributed by atoms with Gasteiger partial charge in [0.2, 0.25) is 11.1 Å². The first-order valence-electron chi connectivity index (χ1n) is 7.53. The molecule has 2 heterocycles. The van der Waals surface area contributed by atoms with Crippen LogP contribution in [0, 0.1) is 0 Å². The van der Waals surface area contributed by atoms with Gasteiger partial charge in [0.1, 0.15) is 0 Å². The number of thioether (sulfide) groups is 1. The Labute approximate surface area is 147 Å². The molecule has 0 atom stereocenters. The molecule has 0 unspecified atom stereocenters. The molecule has 3 rings (SSSR count). The van der Waals surface area contributed by atoms with E-state index in [2.05, 4.69) is 26.1 Å².